The Kier molecular flexibility index (Phi) is 5.21. The van der Waals surface area contributed by atoms with Crippen LogP contribution in [0.3, 0.4) is 0 Å². The first-order valence-corrected chi connectivity index (χ1v) is 7.47. The van der Waals surface area contributed by atoms with Gasteiger partial charge >= 0.3 is 0 Å². The van der Waals surface area contributed by atoms with E-state index in [1.165, 1.54) is 0 Å². The van der Waals surface area contributed by atoms with Crippen molar-refractivity contribution in [2.75, 3.05) is 6.61 Å². The van der Waals surface area contributed by atoms with E-state index in [1.54, 1.807) is 30.3 Å². The predicted molar refractivity (Wildman–Crippen MR) is 84.8 cm³/mol. The average molecular weight is 354 g/mol. The summed E-state index contributed by atoms with van der Waals surface area (Å²) in [5.74, 6) is 0.808. The number of hydrogen-bond acceptors (Lipinski definition) is 2. The Hall–Kier alpha value is -1.32. The normalized spacial score (nSPS) is 10.3. The molecular formula is C16H14BrClO2. The van der Waals surface area contributed by atoms with E-state index in [0.717, 1.165) is 15.8 Å². The third-order valence-corrected chi connectivity index (χ3v) is 3.70. The van der Waals surface area contributed by atoms with Gasteiger partial charge in [0.25, 0.3) is 0 Å². The lowest BCUT2D eigenvalue weighted by Crippen LogP contribution is -2.04. The van der Waals surface area contributed by atoms with Gasteiger partial charge in [-0.2, -0.15) is 0 Å². The summed E-state index contributed by atoms with van der Waals surface area (Å²) in [7, 11) is 0. The van der Waals surface area contributed by atoms with Gasteiger partial charge in [-0.1, -0.05) is 33.6 Å². The van der Waals surface area contributed by atoms with Gasteiger partial charge in [-0.15, -0.1) is 0 Å². The average Bonchev–Trinajstić information content (AvgIpc) is 2.43. The number of hydrogen-bond donors (Lipinski definition) is 0. The molecule has 0 aliphatic carbocycles. The lowest BCUT2D eigenvalue weighted by atomic mass is 10.0. The molecule has 0 amide bonds. The van der Waals surface area contributed by atoms with Gasteiger partial charge in [0, 0.05) is 21.5 Å². The molecule has 0 fully saturated rings. The second-order valence-corrected chi connectivity index (χ2v) is 5.62. The quantitative estimate of drug-likeness (QED) is 0.713. The summed E-state index contributed by atoms with van der Waals surface area (Å²) in [5.41, 5.74) is 1.49. The molecule has 0 aliphatic heterocycles. The smallest absolute Gasteiger partial charge is 0.167 e. The SMILES string of the molecule is CCOc1ccc(C(=O)Cc2ccc(Br)cc2Cl)cc1. The molecule has 2 aromatic rings. The number of benzene rings is 2. The van der Waals surface area contributed by atoms with Gasteiger partial charge in [-0.25, -0.2) is 0 Å². The van der Waals surface area contributed by atoms with E-state index in [4.69, 9.17) is 16.3 Å². The molecule has 0 heterocycles. The fraction of sp³-hybridized carbons (Fsp3) is 0.188. The molecule has 2 nitrogen and oxygen atoms in total. The zero-order chi connectivity index (χ0) is 14.5. The van der Waals surface area contributed by atoms with Crippen molar-refractivity contribution < 1.29 is 9.53 Å². The largest absolute Gasteiger partial charge is 0.494 e. The molecule has 2 rings (SSSR count). The van der Waals surface area contributed by atoms with E-state index in [0.29, 0.717) is 23.6 Å². The highest BCUT2D eigenvalue weighted by atomic mass is 79.9. The van der Waals surface area contributed by atoms with Crippen LogP contribution in [0.15, 0.2) is 46.9 Å². The summed E-state index contributed by atoms with van der Waals surface area (Å²) in [5, 5.41) is 0.596. The fourth-order valence-corrected chi connectivity index (χ4v) is 2.58. The second kappa shape index (κ2) is 6.91. The first-order chi connectivity index (χ1) is 9.60. The first kappa shape index (κ1) is 15.1. The molecule has 0 bridgehead atoms. The summed E-state index contributed by atoms with van der Waals surface area (Å²) >= 11 is 9.47. The zero-order valence-corrected chi connectivity index (χ0v) is 13.4. The Labute approximate surface area is 131 Å². The Balaban J connectivity index is 2.11. The van der Waals surface area contributed by atoms with Crippen LogP contribution in [0.25, 0.3) is 0 Å². The van der Waals surface area contributed by atoms with Crippen LogP contribution < -0.4 is 4.74 Å². The van der Waals surface area contributed by atoms with E-state index in [-0.39, 0.29) is 5.78 Å². The maximum atomic E-state index is 12.2. The van der Waals surface area contributed by atoms with Crippen molar-refractivity contribution in [1.29, 1.82) is 0 Å². The number of carbonyl (C=O) groups is 1. The van der Waals surface area contributed by atoms with Crippen LogP contribution >= 0.6 is 27.5 Å². The second-order valence-electron chi connectivity index (χ2n) is 4.29. The van der Waals surface area contributed by atoms with Gasteiger partial charge in [-0.3, -0.25) is 4.79 Å². The number of carbonyl (C=O) groups excluding carboxylic acids is 1. The molecular weight excluding hydrogens is 340 g/mol. The van der Waals surface area contributed by atoms with Crippen molar-refractivity contribution in [2.24, 2.45) is 0 Å². The van der Waals surface area contributed by atoms with E-state index in [2.05, 4.69) is 15.9 Å². The summed E-state index contributed by atoms with van der Waals surface area (Å²) in [6.07, 6.45) is 0.292. The minimum absolute atomic E-state index is 0.0391. The van der Waals surface area contributed by atoms with Gasteiger partial charge in [0.1, 0.15) is 5.75 Å². The Morgan fingerprint density at radius 3 is 2.50 bits per heavy atom. The maximum Gasteiger partial charge on any atom is 0.167 e. The lowest BCUT2D eigenvalue weighted by molar-refractivity contribution is 0.0993. The van der Waals surface area contributed by atoms with Crippen LogP contribution in [0, 0.1) is 0 Å². The zero-order valence-electron chi connectivity index (χ0n) is 11.0. The number of rotatable bonds is 5. The van der Waals surface area contributed by atoms with E-state index in [9.17, 15) is 4.79 Å². The third-order valence-electron chi connectivity index (χ3n) is 2.85. The van der Waals surface area contributed by atoms with Crippen molar-refractivity contribution in [3.05, 3.63) is 63.1 Å². The third kappa shape index (κ3) is 3.84. The molecule has 0 aliphatic rings. The summed E-state index contributed by atoms with van der Waals surface area (Å²) in [6.45, 7) is 2.54. The highest BCUT2D eigenvalue weighted by Gasteiger charge is 2.10. The van der Waals surface area contributed by atoms with Gasteiger partial charge in [0.2, 0.25) is 0 Å². The molecule has 0 aromatic heterocycles. The number of halogens is 2. The summed E-state index contributed by atoms with van der Waals surface area (Å²) in [6, 6.07) is 12.7. The fourth-order valence-electron chi connectivity index (χ4n) is 1.84. The van der Waals surface area contributed by atoms with Crippen LogP contribution in [0.1, 0.15) is 22.8 Å². The van der Waals surface area contributed by atoms with Crippen molar-refractivity contribution in [3.8, 4) is 5.75 Å². The van der Waals surface area contributed by atoms with Gasteiger partial charge in [0.05, 0.1) is 6.61 Å². The molecule has 0 saturated carbocycles. The van der Waals surface area contributed by atoms with Crippen LogP contribution in [-0.2, 0) is 6.42 Å². The molecule has 0 N–H and O–H groups in total. The monoisotopic (exact) mass is 352 g/mol. The molecule has 4 heteroatoms. The Morgan fingerprint density at radius 1 is 1.20 bits per heavy atom. The van der Waals surface area contributed by atoms with E-state index >= 15 is 0 Å². The van der Waals surface area contributed by atoms with Crippen LogP contribution in [-0.4, -0.2) is 12.4 Å². The molecule has 20 heavy (non-hydrogen) atoms. The van der Waals surface area contributed by atoms with Crippen molar-refractivity contribution >= 4 is 33.3 Å². The van der Waals surface area contributed by atoms with Crippen molar-refractivity contribution in [2.45, 2.75) is 13.3 Å². The highest BCUT2D eigenvalue weighted by molar-refractivity contribution is 9.10. The minimum Gasteiger partial charge on any atom is -0.494 e. The highest BCUT2D eigenvalue weighted by Crippen LogP contribution is 2.23. The van der Waals surface area contributed by atoms with E-state index < -0.39 is 0 Å². The molecule has 0 radical (unpaired) electrons. The molecule has 0 atom stereocenters. The summed E-state index contributed by atoms with van der Waals surface area (Å²) in [4.78, 5) is 12.2. The molecule has 0 unspecified atom stereocenters. The predicted octanol–water partition coefficient (Wildman–Crippen LogP) is 4.93. The standard InChI is InChI=1S/C16H14BrClO2/c1-2-20-14-7-4-11(5-8-14)16(19)9-12-3-6-13(17)10-15(12)18/h3-8,10H,2,9H2,1H3. The van der Waals surface area contributed by atoms with Gasteiger partial charge in [0.15, 0.2) is 5.78 Å². The van der Waals surface area contributed by atoms with Crippen molar-refractivity contribution in [3.63, 3.8) is 0 Å². The molecule has 0 spiro atoms. The van der Waals surface area contributed by atoms with Crippen LogP contribution in [0.4, 0.5) is 0 Å². The molecule has 104 valence electrons. The van der Waals surface area contributed by atoms with E-state index in [1.807, 2.05) is 19.1 Å². The van der Waals surface area contributed by atoms with Crippen LogP contribution in [0.5, 0.6) is 5.75 Å². The number of Topliss-reactive ketones (excluding diaryl/α,β-unsaturated/α-hetero) is 1. The Morgan fingerprint density at radius 2 is 1.90 bits per heavy atom. The number of ether oxygens (including phenoxy) is 1. The first-order valence-electron chi connectivity index (χ1n) is 6.30. The maximum absolute atomic E-state index is 12.2. The summed E-state index contributed by atoms with van der Waals surface area (Å²) < 4.78 is 6.26. The molecule has 0 saturated heterocycles. The van der Waals surface area contributed by atoms with Crippen LogP contribution in [0.2, 0.25) is 5.02 Å². The van der Waals surface area contributed by atoms with Crippen molar-refractivity contribution in [1.82, 2.24) is 0 Å². The lowest BCUT2D eigenvalue weighted by Gasteiger charge is -2.06. The van der Waals surface area contributed by atoms with Gasteiger partial charge < -0.3 is 4.74 Å². The molecule has 2 aromatic carbocycles. The number of ketones is 1. The topological polar surface area (TPSA) is 26.3 Å². The minimum atomic E-state index is 0.0391. The Bertz CT molecular complexity index is 608. The van der Waals surface area contributed by atoms with Gasteiger partial charge in [-0.05, 0) is 48.9 Å².